The second-order valence-electron chi connectivity index (χ2n) is 3.66. The number of aliphatic hydroxyl groups excluding tert-OH is 1. The minimum atomic E-state index is -0.435. The summed E-state index contributed by atoms with van der Waals surface area (Å²) in [7, 11) is 0. The molecule has 1 aromatic rings. The fourth-order valence-electron chi connectivity index (χ4n) is 1.60. The van der Waals surface area contributed by atoms with Gasteiger partial charge in [0, 0.05) is 0 Å². The van der Waals surface area contributed by atoms with Crippen molar-refractivity contribution in [1.82, 2.24) is 0 Å². The highest BCUT2D eigenvalue weighted by Gasteiger charge is 2.13. The first kappa shape index (κ1) is 10.1. The number of allylic oxidation sites excluding steroid dienone is 1. The molecule has 0 saturated heterocycles. The van der Waals surface area contributed by atoms with Crippen LogP contribution in [0.2, 0.25) is 0 Å². The molecule has 1 aromatic carbocycles. The molecule has 2 rings (SSSR count). The fraction of sp³-hybridized carbons (Fsp3) is 0.333. The maximum atomic E-state index is 9.25. The molecule has 1 aliphatic heterocycles. The topological polar surface area (TPSA) is 38.7 Å². The molecule has 0 amide bonds. The van der Waals surface area contributed by atoms with Crippen LogP contribution in [0.5, 0.6) is 11.5 Å². The Kier molecular flexibility index (Phi) is 2.64. The smallest absolute Gasteiger partial charge is 0.231 e. The molecule has 1 N–H and O–H groups in total. The average Bonchev–Trinajstić information content (AvgIpc) is 2.62. The van der Waals surface area contributed by atoms with Gasteiger partial charge in [0.25, 0.3) is 0 Å². The van der Waals surface area contributed by atoms with Crippen molar-refractivity contribution in [2.75, 3.05) is 6.79 Å². The van der Waals surface area contributed by atoms with Crippen LogP contribution < -0.4 is 9.47 Å². The highest BCUT2D eigenvalue weighted by molar-refractivity contribution is 5.67. The van der Waals surface area contributed by atoms with Gasteiger partial charge in [-0.1, -0.05) is 12.1 Å². The Morgan fingerprint density at radius 3 is 2.87 bits per heavy atom. The van der Waals surface area contributed by atoms with Gasteiger partial charge in [-0.25, -0.2) is 0 Å². The molecular formula is C12H14O3. The molecule has 0 radical (unpaired) electrons. The molecule has 80 valence electrons. The summed E-state index contributed by atoms with van der Waals surface area (Å²) in [5.74, 6) is 1.55. The van der Waals surface area contributed by atoms with E-state index in [4.69, 9.17) is 9.47 Å². The molecule has 1 unspecified atom stereocenters. The van der Waals surface area contributed by atoms with Crippen LogP contribution in [-0.4, -0.2) is 18.0 Å². The van der Waals surface area contributed by atoms with Gasteiger partial charge in [0.1, 0.15) is 0 Å². The molecule has 3 heteroatoms. The number of rotatable bonds is 2. The van der Waals surface area contributed by atoms with E-state index in [2.05, 4.69) is 0 Å². The van der Waals surface area contributed by atoms with Gasteiger partial charge >= 0.3 is 0 Å². The van der Waals surface area contributed by atoms with Crippen LogP contribution in [0.15, 0.2) is 24.3 Å². The van der Waals surface area contributed by atoms with Gasteiger partial charge in [-0.05, 0) is 37.1 Å². The first-order valence-corrected chi connectivity index (χ1v) is 4.93. The molecule has 0 fully saturated rings. The lowest BCUT2D eigenvalue weighted by molar-refractivity contribution is 0.174. The third kappa shape index (κ3) is 2.13. The van der Waals surface area contributed by atoms with Crippen LogP contribution in [-0.2, 0) is 0 Å². The Morgan fingerprint density at radius 2 is 2.13 bits per heavy atom. The molecule has 1 aliphatic rings. The summed E-state index contributed by atoms with van der Waals surface area (Å²) in [4.78, 5) is 0. The van der Waals surface area contributed by atoms with E-state index in [1.807, 2.05) is 25.1 Å². The Hall–Kier alpha value is -1.48. The maximum Gasteiger partial charge on any atom is 0.231 e. The van der Waals surface area contributed by atoms with Gasteiger partial charge < -0.3 is 14.6 Å². The zero-order valence-corrected chi connectivity index (χ0v) is 8.86. The van der Waals surface area contributed by atoms with Gasteiger partial charge in [-0.2, -0.15) is 0 Å². The predicted molar refractivity (Wildman–Crippen MR) is 57.9 cm³/mol. The molecule has 1 heterocycles. The number of ether oxygens (including phenoxy) is 2. The van der Waals surface area contributed by atoms with E-state index in [1.54, 1.807) is 13.0 Å². The Balaban J connectivity index is 2.30. The molecule has 15 heavy (non-hydrogen) atoms. The predicted octanol–water partition coefficient (Wildman–Crippen LogP) is 2.20. The fourth-order valence-corrected chi connectivity index (χ4v) is 1.60. The summed E-state index contributed by atoms with van der Waals surface area (Å²) in [6.07, 6.45) is 1.37. The summed E-state index contributed by atoms with van der Waals surface area (Å²) >= 11 is 0. The Labute approximate surface area is 88.9 Å². The van der Waals surface area contributed by atoms with E-state index < -0.39 is 6.10 Å². The summed E-state index contributed by atoms with van der Waals surface area (Å²) in [5, 5.41) is 9.25. The SMILES string of the molecule is C/C(=C/C(C)O)c1ccc2c(c1)OCO2. The van der Waals surface area contributed by atoms with Gasteiger partial charge in [0.05, 0.1) is 6.10 Å². The standard InChI is InChI=1S/C12H14O3/c1-8(5-9(2)13)10-3-4-11-12(6-10)15-7-14-11/h3-6,9,13H,7H2,1-2H3/b8-5-. The van der Waals surface area contributed by atoms with Gasteiger partial charge in [-0.3, -0.25) is 0 Å². The van der Waals surface area contributed by atoms with Crippen LogP contribution in [0.3, 0.4) is 0 Å². The van der Waals surface area contributed by atoms with E-state index in [1.165, 1.54) is 0 Å². The van der Waals surface area contributed by atoms with Crippen LogP contribution in [0.1, 0.15) is 19.4 Å². The summed E-state index contributed by atoms with van der Waals surface area (Å²) in [6, 6.07) is 5.77. The number of aliphatic hydroxyl groups is 1. The van der Waals surface area contributed by atoms with Crippen LogP contribution in [0, 0.1) is 0 Å². The minimum absolute atomic E-state index is 0.290. The molecule has 0 aromatic heterocycles. The Morgan fingerprint density at radius 1 is 1.40 bits per heavy atom. The largest absolute Gasteiger partial charge is 0.454 e. The van der Waals surface area contributed by atoms with Crippen LogP contribution in [0.4, 0.5) is 0 Å². The molecule has 1 atom stereocenters. The number of fused-ring (bicyclic) bond motifs is 1. The second kappa shape index (κ2) is 3.95. The Bertz CT molecular complexity index is 394. The van der Waals surface area contributed by atoms with E-state index >= 15 is 0 Å². The van der Waals surface area contributed by atoms with Crippen molar-refractivity contribution in [3.63, 3.8) is 0 Å². The van der Waals surface area contributed by atoms with Crippen molar-refractivity contribution >= 4 is 5.57 Å². The summed E-state index contributed by atoms with van der Waals surface area (Å²) in [6.45, 7) is 3.98. The minimum Gasteiger partial charge on any atom is -0.454 e. The van der Waals surface area contributed by atoms with Crippen molar-refractivity contribution in [2.45, 2.75) is 20.0 Å². The zero-order chi connectivity index (χ0) is 10.8. The lowest BCUT2D eigenvalue weighted by Gasteiger charge is -2.04. The van der Waals surface area contributed by atoms with E-state index in [0.717, 1.165) is 22.6 Å². The average molecular weight is 206 g/mol. The van der Waals surface area contributed by atoms with Gasteiger partial charge in [0.15, 0.2) is 11.5 Å². The summed E-state index contributed by atoms with van der Waals surface area (Å²) in [5.41, 5.74) is 2.07. The van der Waals surface area contributed by atoms with Gasteiger partial charge in [0.2, 0.25) is 6.79 Å². The van der Waals surface area contributed by atoms with Crippen molar-refractivity contribution in [2.24, 2.45) is 0 Å². The monoisotopic (exact) mass is 206 g/mol. The first-order chi connectivity index (χ1) is 7.16. The second-order valence-corrected chi connectivity index (χ2v) is 3.66. The quantitative estimate of drug-likeness (QED) is 0.806. The van der Waals surface area contributed by atoms with E-state index in [-0.39, 0.29) is 6.79 Å². The zero-order valence-electron chi connectivity index (χ0n) is 8.86. The lowest BCUT2D eigenvalue weighted by Crippen LogP contribution is -1.94. The van der Waals surface area contributed by atoms with Crippen LogP contribution >= 0.6 is 0 Å². The van der Waals surface area contributed by atoms with Crippen molar-refractivity contribution in [1.29, 1.82) is 0 Å². The van der Waals surface area contributed by atoms with Crippen molar-refractivity contribution in [3.8, 4) is 11.5 Å². The lowest BCUT2D eigenvalue weighted by atomic mass is 10.1. The highest BCUT2D eigenvalue weighted by Crippen LogP contribution is 2.34. The molecular weight excluding hydrogens is 192 g/mol. The first-order valence-electron chi connectivity index (χ1n) is 4.93. The van der Waals surface area contributed by atoms with E-state index in [9.17, 15) is 5.11 Å². The molecule has 3 nitrogen and oxygen atoms in total. The molecule has 0 bridgehead atoms. The molecule has 0 saturated carbocycles. The normalized spacial score (nSPS) is 16.6. The van der Waals surface area contributed by atoms with Crippen molar-refractivity contribution in [3.05, 3.63) is 29.8 Å². The highest BCUT2D eigenvalue weighted by atomic mass is 16.7. The third-order valence-electron chi connectivity index (χ3n) is 2.32. The van der Waals surface area contributed by atoms with Crippen LogP contribution in [0.25, 0.3) is 5.57 Å². The number of hydrogen-bond donors (Lipinski definition) is 1. The summed E-state index contributed by atoms with van der Waals surface area (Å²) < 4.78 is 10.5. The number of benzene rings is 1. The van der Waals surface area contributed by atoms with Gasteiger partial charge in [-0.15, -0.1) is 0 Å². The molecule has 0 spiro atoms. The third-order valence-corrected chi connectivity index (χ3v) is 2.32. The van der Waals surface area contributed by atoms with Crippen molar-refractivity contribution < 1.29 is 14.6 Å². The molecule has 0 aliphatic carbocycles. The maximum absolute atomic E-state index is 9.25. The number of hydrogen-bond acceptors (Lipinski definition) is 3. The van der Waals surface area contributed by atoms with E-state index in [0.29, 0.717) is 0 Å².